The molecular weight excluding hydrogens is 232 g/mol. The van der Waals surface area contributed by atoms with Crippen LogP contribution >= 0.6 is 0 Å². The molecule has 0 aromatic carbocycles. The van der Waals surface area contributed by atoms with Crippen molar-refractivity contribution in [3.05, 3.63) is 0 Å². The van der Waals surface area contributed by atoms with Crippen LogP contribution in [-0.2, 0) is 33.3 Å². The zero-order valence-corrected chi connectivity index (χ0v) is 9.69. The lowest BCUT2D eigenvalue weighted by Gasteiger charge is -2.23. The molecule has 0 aliphatic carbocycles. The van der Waals surface area contributed by atoms with E-state index in [-0.39, 0.29) is 26.4 Å². The maximum absolute atomic E-state index is 11.7. The first-order valence-electron chi connectivity index (χ1n) is 5.29. The third-order valence-electron chi connectivity index (χ3n) is 2.60. The van der Waals surface area contributed by atoms with E-state index >= 15 is 0 Å². The molecule has 0 aromatic rings. The van der Waals surface area contributed by atoms with Gasteiger partial charge in [-0.25, -0.2) is 9.59 Å². The Balaban J connectivity index is 1.96. The number of rotatable bonds is 2. The third-order valence-corrected chi connectivity index (χ3v) is 2.60. The van der Waals surface area contributed by atoms with Gasteiger partial charge in [0, 0.05) is 13.8 Å². The first kappa shape index (κ1) is 12.4. The summed E-state index contributed by atoms with van der Waals surface area (Å²) in [4.78, 5) is 23.3. The molecule has 0 N–H and O–H groups in total. The Morgan fingerprint density at radius 1 is 0.824 bits per heavy atom. The molecule has 0 aromatic heterocycles. The number of carbonyl (C=O) groups is 2. The number of esters is 2. The van der Waals surface area contributed by atoms with E-state index in [0.29, 0.717) is 0 Å². The van der Waals surface area contributed by atoms with E-state index in [4.69, 9.17) is 18.9 Å². The molecule has 0 amide bonds. The summed E-state index contributed by atoms with van der Waals surface area (Å²) < 4.78 is 24.9. The number of hydrogen-bond acceptors (Lipinski definition) is 7. The molecule has 7 nitrogen and oxygen atoms in total. The highest BCUT2D eigenvalue weighted by molar-refractivity contribution is 5.92. The summed E-state index contributed by atoms with van der Waals surface area (Å²) in [6.45, 7) is 3.92. The molecule has 0 atom stereocenters. The first-order chi connectivity index (χ1) is 7.96. The standard InChI is InChI=1S/C10H14O7/c1-9(13-3-4-14-9)7(11)17-8(12)10(2)15-5-6-16-10/h3-6H2,1-2H3. The van der Waals surface area contributed by atoms with Crippen molar-refractivity contribution in [3.8, 4) is 0 Å². The summed E-state index contributed by atoms with van der Waals surface area (Å²) in [5.74, 6) is -4.85. The molecule has 0 bridgehead atoms. The summed E-state index contributed by atoms with van der Waals surface area (Å²) in [5.41, 5.74) is 0. The van der Waals surface area contributed by atoms with Gasteiger partial charge in [0.15, 0.2) is 0 Å². The number of hydrogen-bond donors (Lipinski definition) is 0. The second kappa shape index (κ2) is 4.34. The lowest BCUT2D eigenvalue weighted by molar-refractivity contribution is -0.221. The van der Waals surface area contributed by atoms with Gasteiger partial charge < -0.3 is 23.7 Å². The summed E-state index contributed by atoms with van der Waals surface area (Å²) in [6.07, 6.45) is 0. The summed E-state index contributed by atoms with van der Waals surface area (Å²) in [6, 6.07) is 0. The average molecular weight is 246 g/mol. The van der Waals surface area contributed by atoms with Crippen LogP contribution in [0, 0.1) is 0 Å². The molecule has 17 heavy (non-hydrogen) atoms. The maximum atomic E-state index is 11.7. The van der Waals surface area contributed by atoms with E-state index in [0.717, 1.165) is 0 Å². The van der Waals surface area contributed by atoms with Crippen molar-refractivity contribution in [2.24, 2.45) is 0 Å². The quantitative estimate of drug-likeness (QED) is 0.483. The Labute approximate surface area is 97.9 Å². The highest BCUT2D eigenvalue weighted by atomic mass is 16.8. The summed E-state index contributed by atoms with van der Waals surface area (Å²) in [7, 11) is 0. The lowest BCUT2D eigenvalue weighted by atomic mass is 10.3. The minimum Gasteiger partial charge on any atom is -0.385 e. The van der Waals surface area contributed by atoms with Gasteiger partial charge in [-0.3, -0.25) is 0 Å². The summed E-state index contributed by atoms with van der Waals surface area (Å²) >= 11 is 0. The Morgan fingerprint density at radius 3 is 1.41 bits per heavy atom. The Hall–Kier alpha value is -1.02. The second-order valence-electron chi connectivity index (χ2n) is 3.96. The molecule has 2 saturated heterocycles. The van der Waals surface area contributed by atoms with Gasteiger partial charge in [0.25, 0.3) is 11.6 Å². The first-order valence-corrected chi connectivity index (χ1v) is 5.29. The van der Waals surface area contributed by atoms with E-state index < -0.39 is 23.5 Å². The van der Waals surface area contributed by atoms with Crippen LogP contribution in [-0.4, -0.2) is 49.9 Å². The predicted octanol–water partition coefficient (Wildman–Crippen LogP) is -0.418. The van der Waals surface area contributed by atoms with Crippen molar-refractivity contribution in [2.75, 3.05) is 26.4 Å². The van der Waals surface area contributed by atoms with Crippen LogP contribution in [0.1, 0.15) is 13.8 Å². The van der Waals surface area contributed by atoms with Crippen molar-refractivity contribution in [1.82, 2.24) is 0 Å². The average Bonchev–Trinajstić information content (AvgIpc) is 2.89. The normalized spacial score (nSPS) is 25.8. The van der Waals surface area contributed by atoms with Crippen molar-refractivity contribution in [1.29, 1.82) is 0 Å². The van der Waals surface area contributed by atoms with Crippen LogP contribution in [0.2, 0.25) is 0 Å². The molecule has 7 heteroatoms. The molecule has 0 unspecified atom stereocenters. The van der Waals surface area contributed by atoms with E-state index in [1.807, 2.05) is 0 Å². The van der Waals surface area contributed by atoms with Crippen LogP contribution in [0.4, 0.5) is 0 Å². The van der Waals surface area contributed by atoms with Crippen LogP contribution in [0.15, 0.2) is 0 Å². The fraction of sp³-hybridized carbons (Fsp3) is 0.800. The van der Waals surface area contributed by atoms with Crippen molar-refractivity contribution in [3.63, 3.8) is 0 Å². The SMILES string of the molecule is CC1(C(=O)OC(=O)C2(C)OCCO2)OCCO1. The van der Waals surface area contributed by atoms with Crippen molar-refractivity contribution in [2.45, 2.75) is 25.4 Å². The fourth-order valence-corrected chi connectivity index (χ4v) is 1.53. The van der Waals surface area contributed by atoms with E-state index in [1.54, 1.807) is 0 Å². The van der Waals surface area contributed by atoms with Gasteiger partial charge in [-0.2, -0.15) is 0 Å². The predicted molar refractivity (Wildman–Crippen MR) is 51.7 cm³/mol. The van der Waals surface area contributed by atoms with E-state index in [9.17, 15) is 9.59 Å². The minimum atomic E-state index is -1.52. The van der Waals surface area contributed by atoms with Crippen LogP contribution < -0.4 is 0 Å². The van der Waals surface area contributed by atoms with E-state index in [2.05, 4.69) is 4.74 Å². The zero-order valence-electron chi connectivity index (χ0n) is 9.69. The van der Waals surface area contributed by atoms with Crippen molar-refractivity contribution >= 4 is 11.9 Å². The van der Waals surface area contributed by atoms with Gasteiger partial charge in [-0.05, 0) is 0 Å². The molecular formula is C10H14O7. The Morgan fingerprint density at radius 2 is 1.12 bits per heavy atom. The Bertz CT molecular complexity index is 294. The second-order valence-corrected chi connectivity index (χ2v) is 3.96. The molecule has 2 fully saturated rings. The van der Waals surface area contributed by atoms with Crippen molar-refractivity contribution < 1.29 is 33.3 Å². The monoisotopic (exact) mass is 246 g/mol. The zero-order chi connectivity index (χ0) is 12.5. The van der Waals surface area contributed by atoms with E-state index in [1.165, 1.54) is 13.8 Å². The maximum Gasteiger partial charge on any atom is 0.374 e. The topological polar surface area (TPSA) is 80.3 Å². The minimum absolute atomic E-state index is 0.282. The molecule has 0 spiro atoms. The van der Waals surface area contributed by atoms with Gasteiger partial charge in [-0.15, -0.1) is 0 Å². The molecule has 2 rings (SSSR count). The smallest absolute Gasteiger partial charge is 0.374 e. The molecule has 0 radical (unpaired) electrons. The highest BCUT2D eigenvalue weighted by Crippen LogP contribution is 2.24. The Kier molecular flexibility index (Phi) is 3.17. The molecule has 0 saturated carbocycles. The van der Waals surface area contributed by atoms with Crippen LogP contribution in [0.25, 0.3) is 0 Å². The molecule has 96 valence electrons. The highest BCUT2D eigenvalue weighted by Gasteiger charge is 2.47. The van der Waals surface area contributed by atoms with Crippen LogP contribution in [0.3, 0.4) is 0 Å². The van der Waals surface area contributed by atoms with Gasteiger partial charge in [-0.1, -0.05) is 0 Å². The molecule has 2 aliphatic heterocycles. The molecule has 2 heterocycles. The lowest BCUT2D eigenvalue weighted by Crippen LogP contribution is -2.45. The molecule has 2 aliphatic rings. The van der Waals surface area contributed by atoms with Gasteiger partial charge in [0.05, 0.1) is 26.4 Å². The van der Waals surface area contributed by atoms with Gasteiger partial charge in [0.2, 0.25) is 0 Å². The van der Waals surface area contributed by atoms with Gasteiger partial charge in [0.1, 0.15) is 0 Å². The third kappa shape index (κ3) is 2.32. The largest absolute Gasteiger partial charge is 0.385 e. The van der Waals surface area contributed by atoms with Crippen LogP contribution in [0.5, 0.6) is 0 Å². The number of carbonyl (C=O) groups excluding carboxylic acids is 2. The van der Waals surface area contributed by atoms with Gasteiger partial charge >= 0.3 is 11.9 Å². The fourth-order valence-electron chi connectivity index (χ4n) is 1.53. The summed E-state index contributed by atoms with van der Waals surface area (Å²) in [5, 5.41) is 0. The number of ether oxygens (including phenoxy) is 5.